The molecule has 2 heteroatoms. The van der Waals surface area contributed by atoms with Crippen molar-refractivity contribution in [2.45, 2.75) is 6.04 Å². The van der Waals surface area contributed by atoms with E-state index in [9.17, 15) is 0 Å². The normalized spacial score (nSPS) is 34.5. The van der Waals surface area contributed by atoms with Crippen molar-refractivity contribution in [2.24, 2.45) is 5.73 Å². The second-order valence-corrected chi connectivity index (χ2v) is 1.44. The average Bonchev–Trinajstić information content (AvgIpc) is 1.86. The van der Waals surface area contributed by atoms with E-state index in [-0.39, 0.29) is 6.04 Å². The van der Waals surface area contributed by atoms with E-state index in [0.717, 1.165) is 6.61 Å². The highest BCUT2D eigenvalue weighted by molar-refractivity contribution is 4.83. The van der Waals surface area contributed by atoms with Gasteiger partial charge in [0.25, 0.3) is 0 Å². The molecule has 2 N–H and O–H groups in total. The summed E-state index contributed by atoms with van der Waals surface area (Å²) < 4.78 is 4.88. The third-order valence-corrected chi connectivity index (χ3v) is 0.827. The number of rotatable bonds is 0. The molecule has 0 saturated carbocycles. The molecule has 1 saturated heterocycles. The number of nitrogens with two attached hydrogens (primary N) is 1. The van der Waals surface area contributed by atoms with Crippen molar-refractivity contribution in [3.05, 3.63) is 6.42 Å². The molecule has 1 rings (SSSR count). The predicted octanol–water partition coefficient (Wildman–Crippen LogP) is -0.452. The zero-order valence-corrected chi connectivity index (χ0v) is 3.55. The van der Waals surface area contributed by atoms with Crippen molar-refractivity contribution in [3.8, 4) is 0 Å². The van der Waals surface area contributed by atoms with E-state index < -0.39 is 0 Å². The Bertz CT molecular complexity index is 40.8. The van der Waals surface area contributed by atoms with E-state index in [1.54, 1.807) is 0 Å². The number of hydrogen-bond donors (Lipinski definition) is 1. The van der Waals surface area contributed by atoms with E-state index in [1.807, 2.05) is 6.42 Å². The van der Waals surface area contributed by atoms with Gasteiger partial charge in [0, 0.05) is 12.5 Å². The lowest BCUT2D eigenvalue weighted by molar-refractivity contribution is 0.198. The Balaban J connectivity index is 2.18. The van der Waals surface area contributed by atoms with E-state index in [1.165, 1.54) is 0 Å². The lowest BCUT2D eigenvalue weighted by Gasteiger charge is -1.90. The summed E-state index contributed by atoms with van der Waals surface area (Å²) in [5, 5.41) is 0. The largest absolute Gasteiger partial charge is 0.379 e. The molecular weight excluding hydrogens is 78.0 g/mol. The summed E-state index contributed by atoms with van der Waals surface area (Å²) in [7, 11) is 0. The van der Waals surface area contributed by atoms with Gasteiger partial charge in [-0.05, 0) is 0 Å². The van der Waals surface area contributed by atoms with Crippen LogP contribution < -0.4 is 5.73 Å². The van der Waals surface area contributed by atoms with Crippen molar-refractivity contribution >= 4 is 0 Å². The van der Waals surface area contributed by atoms with E-state index in [2.05, 4.69) is 0 Å². The Hall–Kier alpha value is -0.0800. The van der Waals surface area contributed by atoms with Crippen LogP contribution in [0, 0.1) is 6.42 Å². The molecule has 1 heterocycles. The first-order chi connectivity index (χ1) is 2.89. The van der Waals surface area contributed by atoms with Crippen molar-refractivity contribution in [1.29, 1.82) is 0 Å². The van der Waals surface area contributed by atoms with Gasteiger partial charge >= 0.3 is 0 Å². The van der Waals surface area contributed by atoms with Crippen LogP contribution in [0.1, 0.15) is 0 Å². The Morgan fingerprint density at radius 3 is 2.83 bits per heavy atom. The molecule has 6 heavy (non-hydrogen) atoms. The van der Waals surface area contributed by atoms with Gasteiger partial charge in [0.2, 0.25) is 0 Å². The second-order valence-electron chi connectivity index (χ2n) is 1.44. The van der Waals surface area contributed by atoms with Gasteiger partial charge in [-0.1, -0.05) is 0 Å². The molecule has 0 aromatic rings. The van der Waals surface area contributed by atoms with Gasteiger partial charge in [-0.2, -0.15) is 0 Å². The summed E-state index contributed by atoms with van der Waals surface area (Å²) in [6.07, 6.45) is 1.96. The smallest absolute Gasteiger partial charge is 0.0621 e. The van der Waals surface area contributed by atoms with Gasteiger partial charge in [0.05, 0.1) is 13.2 Å². The molecule has 0 aromatic heterocycles. The van der Waals surface area contributed by atoms with Gasteiger partial charge in [-0.3, -0.25) is 0 Å². The molecule has 1 unspecified atom stereocenters. The van der Waals surface area contributed by atoms with E-state index in [4.69, 9.17) is 10.5 Å². The van der Waals surface area contributed by atoms with Crippen molar-refractivity contribution < 1.29 is 4.74 Å². The van der Waals surface area contributed by atoms with Gasteiger partial charge in [0.15, 0.2) is 0 Å². The summed E-state index contributed by atoms with van der Waals surface area (Å²) in [6, 6.07) is 0.199. The zero-order chi connectivity index (χ0) is 4.41. The molecule has 1 fully saturated rings. The molecule has 1 aliphatic heterocycles. The highest BCUT2D eigenvalue weighted by Crippen LogP contribution is 1.96. The molecule has 0 spiro atoms. The van der Waals surface area contributed by atoms with Crippen LogP contribution in [0.25, 0.3) is 0 Å². The van der Waals surface area contributed by atoms with Gasteiger partial charge < -0.3 is 10.5 Å². The first-order valence-electron chi connectivity index (χ1n) is 2.06. The van der Waals surface area contributed by atoms with Crippen molar-refractivity contribution in [2.75, 3.05) is 13.2 Å². The molecule has 1 atom stereocenters. The zero-order valence-electron chi connectivity index (χ0n) is 3.55. The maximum Gasteiger partial charge on any atom is 0.0621 e. The maximum atomic E-state index is 5.35. The van der Waals surface area contributed by atoms with Crippen LogP contribution in [0.3, 0.4) is 0 Å². The summed E-state index contributed by atoms with van der Waals surface area (Å²) in [5.74, 6) is 0. The molecule has 0 aromatic carbocycles. The maximum absolute atomic E-state index is 5.35. The second kappa shape index (κ2) is 1.58. The van der Waals surface area contributed by atoms with Gasteiger partial charge in [-0.15, -0.1) is 0 Å². The Kier molecular flexibility index (Phi) is 1.08. The first-order valence-corrected chi connectivity index (χ1v) is 2.06. The van der Waals surface area contributed by atoms with Crippen LogP contribution in [-0.4, -0.2) is 19.3 Å². The third-order valence-electron chi connectivity index (χ3n) is 0.827. The molecule has 1 radical (unpaired) electrons. The van der Waals surface area contributed by atoms with Crippen molar-refractivity contribution in [3.63, 3.8) is 0 Å². The van der Waals surface area contributed by atoms with Crippen LogP contribution in [0.4, 0.5) is 0 Å². The quantitative estimate of drug-likeness (QED) is 0.433. The fourth-order valence-electron chi connectivity index (χ4n) is 0.464. The summed E-state index contributed by atoms with van der Waals surface area (Å²) in [6.45, 7) is 1.45. The third kappa shape index (κ3) is 0.698. The minimum absolute atomic E-state index is 0.199. The highest BCUT2D eigenvalue weighted by atomic mass is 16.5. The Morgan fingerprint density at radius 2 is 2.67 bits per heavy atom. The van der Waals surface area contributed by atoms with E-state index >= 15 is 0 Å². The predicted molar refractivity (Wildman–Crippen MR) is 23.1 cm³/mol. The molecule has 1 aliphatic rings. The van der Waals surface area contributed by atoms with E-state index in [0.29, 0.717) is 6.61 Å². The highest BCUT2D eigenvalue weighted by Gasteiger charge is 2.08. The van der Waals surface area contributed by atoms with Gasteiger partial charge in [-0.25, -0.2) is 0 Å². The van der Waals surface area contributed by atoms with Crippen LogP contribution in [-0.2, 0) is 4.74 Å². The lowest BCUT2D eigenvalue weighted by atomic mass is 10.3. The molecule has 35 valence electrons. The van der Waals surface area contributed by atoms with Crippen LogP contribution in [0.5, 0.6) is 0 Å². The van der Waals surface area contributed by atoms with Crippen LogP contribution >= 0.6 is 0 Å². The standard InChI is InChI=1S/C4H8NO/c5-4-1-2-6-3-4/h1,4H,2-3,5H2. The summed E-state index contributed by atoms with van der Waals surface area (Å²) in [5.41, 5.74) is 5.35. The minimum Gasteiger partial charge on any atom is -0.379 e. The van der Waals surface area contributed by atoms with Crippen molar-refractivity contribution in [1.82, 2.24) is 0 Å². The van der Waals surface area contributed by atoms with Gasteiger partial charge in [0.1, 0.15) is 0 Å². The average molecular weight is 86.1 g/mol. The number of ether oxygens (including phenoxy) is 1. The molecule has 0 aliphatic carbocycles. The first kappa shape index (κ1) is 4.09. The topological polar surface area (TPSA) is 35.2 Å². The lowest BCUT2D eigenvalue weighted by Crippen LogP contribution is -2.18. The molecular formula is C4H8NO. The SMILES string of the molecule is NC1[CH]COC1. The molecule has 0 amide bonds. The monoisotopic (exact) mass is 86.1 g/mol. The minimum atomic E-state index is 0.199. The van der Waals surface area contributed by atoms with Crippen LogP contribution in [0.2, 0.25) is 0 Å². The van der Waals surface area contributed by atoms with Crippen LogP contribution in [0.15, 0.2) is 0 Å². The summed E-state index contributed by atoms with van der Waals surface area (Å²) >= 11 is 0. The summed E-state index contributed by atoms with van der Waals surface area (Å²) in [4.78, 5) is 0. The Labute approximate surface area is 37.3 Å². The fraction of sp³-hybridized carbons (Fsp3) is 0.750. The number of hydrogen-bond acceptors (Lipinski definition) is 2. The molecule has 2 nitrogen and oxygen atoms in total. The molecule has 0 bridgehead atoms. The Morgan fingerprint density at radius 1 is 1.83 bits per heavy atom. The fourth-order valence-corrected chi connectivity index (χ4v) is 0.464.